The van der Waals surface area contributed by atoms with Gasteiger partial charge in [0.1, 0.15) is 11.3 Å². The Morgan fingerprint density at radius 2 is 1.15 bits per heavy atom. The monoisotopic (exact) mass is 526 g/mol. The molecular weight excluding hydrogens is 504 g/mol. The van der Waals surface area contributed by atoms with Gasteiger partial charge in [-0.15, -0.1) is 0 Å². The van der Waals surface area contributed by atoms with Crippen molar-refractivity contribution in [3.8, 4) is 45.3 Å². The molecule has 0 amide bonds. The largest absolute Gasteiger partial charge is 0.437 e. The van der Waals surface area contributed by atoms with Crippen molar-refractivity contribution < 1.29 is 4.42 Å². The van der Waals surface area contributed by atoms with Gasteiger partial charge in [-0.2, -0.15) is 0 Å². The first-order valence-corrected chi connectivity index (χ1v) is 13.5. The van der Waals surface area contributed by atoms with Crippen LogP contribution in [-0.2, 0) is 0 Å². The van der Waals surface area contributed by atoms with E-state index in [1.54, 1.807) is 0 Å². The molecule has 0 saturated carbocycles. The molecular formula is C36H22N4O. The molecule has 4 aromatic carbocycles. The summed E-state index contributed by atoms with van der Waals surface area (Å²) in [6.45, 7) is 0. The Labute approximate surface area is 235 Å². The molecule has 0 saturated heterocycles. The molecule has 0 unspecified atom stereocenters. The lowest BCUT2D eigenvalue weighted by Gasteiger charge is -2.08. The van der Waals surface area contributed by atoms with Gasteiger partial charge in [0, 0.05) is 39.0 Å². The maximum absolute atomic E-state index is 6.44. The second kappa shape index (κ2) is 9.50. The minimum Gasteiger partial charge on any atom is -0.437 e. The number of nitrogens with zero attached hydrogens (tertiary/aromatic N) is 4. The molecule has 0 spiro atoms. The Balaban J connectivity index is 1.29. The Morgan fingerprint density at radius 1 is 0.463 bits per heavy atom. The van der Waals surface area contributed by atoms with E-state index < -0.39 is 0 Å². The van der Waals surface area contributed by atoms with Crippen molar-refractivity contribution >= 4 is 32.8 Å². The molecule has 0 fully saturated rings. The van der Waals surface area contributed by atoms with E-state index in [0.717, 1.165) is 60.9 Å². The average Bonchev–Trinajstić information content (AvgIpc) is 3.43. The number of fused-ring (bicyclic) bond motifs is 4. The van der Waals surface area contributed by atoms with Gasteiger partial charge in [-0.25, -0.2) is 15.0 Å². The van der Waals surface area contributed by atoms with E-state index in [9.17, 15) is 0 Å². The van der Waals surface area contributed by atoms with Crippen LogP contribution in [-0.4, -0.2) is 19.9 Å². The summed E-state index contributed by atoms with van der Waals surface area (Å²) in [5.74, 6) is 0.545. The predicted octanol–water partition coefficient (Wildman–Crippen LogP) is 8.99. The third-order valence-electron chi connectivity index (χ3n) is 7.37. The molecule has 0 bridgehead atoms. The number of benzene rings is 4. The van der Waals surface area contributed by atoms with Crippen molar-refractivity contribution in [2.24, 2.45) is 0 Å². The summed E-state index contributed by atoms with van der Waals surface area (Å²) < 4.78 is 6.44. The van der Waals surface area contributed by atoms with Crippen LogP contribution < -0.4 is 0 Å². The molecule has 0 N–H and O–H groups in total. The van der Waals surface area contributed by atoms with E-state index in [2.05, 4.69) is 48.5 Å². The maximum atomic E-state index is 6.44. The van der Waals surface area contributed by atoms with Gasteiger partial charge in [0.25, 0.3) is 0 Å². The number of aromatic nitrogens is 4. The van der Waals surface area contributed by atoms with Crippen LogP contribution in [0.15, 0.2) is 138 Å². The quantitative estimate of drug-likeness (QED) is 0.229. The minimum absolute atomic E-state index is 0.542. The van der Waals surface area contributed by atoms with Crippen LogP contribution in [0.1, 0.15) is 0 Å². The van der Waals surface area contributed by atoms with Crippen LogP contribution in [0.3, 0.4) is 0 Å². The van der Waals surface area contributed by atoms with Crippen molar-refractivity contribution in [1.82, 2.24) is 19.9 Å². The molecule has 4 aromatic heterocycles. The van der Waals surface area contributed by atoms with Crippen LogP contribution in [0.25, 0.3) is 78.1 Å². The minimum atomic E-state index is 0.542. The van der Waals surface area contributed by atoms with Crippen LogP contribution in [0.4, 0.5) is 0 Å². The normalized spacial score (nSPS) is 11.4. The first kappa shape index (κ1) is 23.2. The third-order valence-corrected chi connectivity index (χ3v) is 7.37. The lowest BCUT2D eigenvalue weighted by molar-refractivity contribution is 0.655. The zero-order valence-electron chi connectivity index (χ0n) is 21.9. The topological polar surface area (TPSA) is 64.7 Å². The van der Waals surface area contributed by atoms with Gasteiger partial charge < -0.3 is 4.42 Å². The highest BCUT2D eigenvalue weighted by atomic mass is 16.3. The van der Waals surface area contributed by atoms with Gasteiger partial charge in [-0.3, -0.25) is 4.98 Å². The summed E-state index contributed by atoms with van der Waals surface area (Å²) >= 11 is 0. The van der Waals surface area contributed by atoms with Gasteiger partial charge >= 0.3 is 0 Å². The third kappa shape index (κ3) is 4.12. The highest BCUT2D eigenvalue weighted by Gasteiger charge is 2.17. The van der Waals surface area contributed by atoms with E-state index in [1.165, 1.54) is 0 Å². The molecule has 8 aromatic rings. The van der Waals surface area contributed by atoms with Gasteiger partial charge in [0.2, 0.25) is 5.71 Å². The summed E-state index contributed by atoms with van der Waals surface area (Å²) in [5.41, 5.74) is 7.46. The first-order valence-electron chi connectivity index (χ1n) is 13.5. The van der Waals surface area contributed by atoms with E-state index in [4.69, 9.17) is 24.4 Å². The number of rotatable bonds is 4. The number of hydrogen-bond acceptors (Lipinski definition) is 5. The molecule has 5 nitrogen and oxygen atoms in total. The SMILES string of the molecule is c1ccc(-c2cc(-c3ccccc3)nc(-c3ccc4c(n3)oc3c(-c5cc6ccccc6cn5)cccc34)n2)cc1. The van der Waals surface area contributed by atoms with Crippen molar-refractivity contribution in [3.63, 3.8) is 0 Å². The fourth-order valence-electron chi connectivity index (χ4n) is 5.31. The van der Waals surface area contributed by atoms with E-state index in [-0.39, 0.29) is 0 Å². The molecule has 0 aliphatic rings. The highest BCUT2D eigenvalue weighted by Crippen LogP contribution is 2.36. The molecule has 8 rings (SSSR count). The fraction of sp³-hybridized carbons (Fsp3) is 0. The molecule has 0 aliphatic heterocycles. The Kier molecular flexibility index (Phi) is 5.38. The number of furan rings is 1. The van der Waals surface area contributed by atoms with Crippen LogP contribution in [0.5, 0.6) is 0 Å². The second-order valence-electron chi connectivity index (χ2n) is 9.94. The van der Waals surface area contributed by atoms with E-state index >= 15 is 0 Å². The zero-order chi connectivity index (χ0) is 27.2. The van der Waals surface area contributed by atoms with Crippen LogP contribution >= 0.6 is 0 Å². The molecule has 4 heterocycles. The van der Waals surface area contributed by atoms with Crippen molar-refractivity contribution in [2.75, 3.05) is 0 Å². The second-order valence-corrected chi connectivity index (χ2v) is 9.94. The predicted molar refractivity (Wildman–Crippen MR) is 164 cm³/mol. The maximum Gasteiger partial charge on any atom is 0.228 e. The van der Waals surface area contributed by atoms with Gasteiger partial charge in [0.15, 0.2) is 5.82 Å². The number of hydrogen-bond donors (Lipinski definition) is 0. The molecule has 0 radical (unpaired) electrons. The van der Waals surface area contributed by atoms with Gasteiger partial charge in [-0.05, 0) is 35.7 Å². The lowest BCUT2D eigenvalue weighted by atomic mass is 10.0. The summed E-state index contributed by atoms with van der Waals surface area (Å²) in [7, 11) is 0. The Morgan fingerprint density at radius 3 is 1.88 bits per heavy atom. The van der Waals surface area contributed by atoms with Gasteiger partial charge in [-0.1, -0.05) is 97.1 Å². The highest BCUT2D eigenvalue weighted by molar-refractivity contribution is 6.09. The fourth-order valence-corrected chi connectivity index (χ4v) is 5.31. The number of para-hydroxylation sites is 1. The average molecular weight is 527 g/mol. The zero-order valence-corrected chi connectivity index (χ0v) is 21.9. The molecule has 5 heteroatoms. The smallest absolute Gasteiger partial charge is 0.228 e. The van der Waals surface area contributed by atoms with Crippen LogP contribution in [0.2, 0.25) is 0 Å². The van der Waals surface area contributed by atoms with Crippen LogP contribution in [0, 0.1) is 0 Å². The van der Waals surface area contributed by atoms with Crippen molar-refractivity contribution in [2.45, 2.75) is 0 Å². The summed E-state index contributed by atoms with van der Waals surface area (Å²) in [6.07, 6.45) is 1.91. The molecule has 41 heavy (non-hydrogen) atoms. The summed E-state index contributed by atoms with van der Waals surface area (Å²) in [5, 5.41) is 4.17. The number of pyridine rings is 2. The molecule has 0 atom stereocenters. The van der Waals surface area contributed by atoms with Crippen molar-refractivity contribution in [1.29, 1.82) is 0 Å². The van der Waals surface area contributed by atoms with Gasteiger partial charge in [0.05, 0.1) is 17.1 Å². The van der Waals surface area contributed by atoms with Crippen molar-refractivity contribution in [3.05, 3.63) is 134 Å². The molecule has 0 aliphatic carbocycles. The summed E-state index contributed by atoms with van der Waals surface area (Å²) in [6, 6.07) is 42.8. The standard InChI is InChI=1S/C36H22N4O/c1-3-10-23(11-4-1)31-21-32(24-12-5-2-6-13-24)39-35(38-31)30-19-18-28-27-16-9-17-29(34(27)41-36(28)40-30)33-20-25-14-7-8-15-26(25)22-37-33/h1-22H. The molecule has 192 valence electrons. The summed E-state index contributed by atoms with van der Waals surface area (Å²) in [4.78, 5) is 19.5. The van der Waals surface area contributed by atoms with E-state index in [0.29, 0.717) is 17.2 Å². The van der Waals surface area contributed by atoms with E-state index in [1.807, 2.05) is 85.1 Å². The Hall–Kier alpha value is -5.68. The lowest BCUT2D eigenvalue weighted by Crippen LogP contribution is -1.97. The first-order chi connectivity index (χ1) is 20.3. The Bertz CT molecular complexity index is 2150.